The van der Waals surface area contributed by atoms with E-state index in [0.717, 1.165) is 0 Å². The summed E-state index contributed by atoms with van der Waals surface area (Å²) >= 11 is 21.7. The van der Waals surface area contributed by atoms with Crippen LogP contribution in [0.4, 0.5) is 0 Å². The van der Waals surface area contributed by atoms with Crippen molar-refractivity contribution in [3.05, 3.63) is 67.5 Å². The summed E-state index contributed by atoms with van der Waals surface area (Å²) < 4.78 is 0.659. The van der Waals surface area contributed by atoms with Crippen LogP contribution in [0.5, 0.6) is 0 Å². The number of pyridine rings is 1. The quantitative estimate of drug-likeness (QED) is 0.357. The Balaban J connectivity index is 2.63. The van der Waals surface area contributed by atoms with Crippen LogP contribution in [0, 0.1) is 0 Å². The molecule has 2 rings (SSSR count). The molecule has 0 spiro atoms. The zero-order valence-electron chi connectivity index (χ0n) is 12.3. The van der Waals surface area contributed by atoms with Crippen LogP contribution < -0.4 is 0 Å². The van der Waals surface area contributed by atoms with Crippen molar-refractivity contribution in [3.63, 3.8) is 0 Å². The molecule has 0 aliphatic carbocycles. The maximum Gasteiger partial charge on any atom is 0.198 e. The summed E-state index contributed by atoms with van der Waals surface area (Å²) in [7, 11) is 3.62. The fraction of sp³-hybridized carbons (Fsp3) is 0.125. The summed E-state index contributed by atoms with van der Waals surface area (Å²) in [5, 5.41) is 0.816. The van der Waals surface area contributed by atoms with Crippen molar-refractivity contribution >= 4 is 62.1 Å². The number of halogens is 4. The molecule has 0 fully saturated rings. The topological polar surface area (TPSA) is 33.2 Å². The van der Waals surface area contributed by atoms with E-state index < -0.39 is 0 Å². The molecule has 0 aliphatic rings. The minimum Gasteiger partial charge on any atom is -0.383 e. The summed E-state index contributed by atoms with van der Waals surface area (Å²) in [4.78, 5) is 18.7. The number of hydrogen-bond acceptors (Lipinski definition) is 3. The van der Waals surface area contributed by atoms with Gasteiger partial charge in [0.1, 0.15) is 5.15 Å². The highest BCUT2D eigenvalue weighted by molar-refractivity contribution is 9.10. The lowest BCUT2D eigenvalue weighted by molar-refractivity contribution is 0.105. The number of rotatable bonds is 4. The van der Waals surface area contributed by atoms with Gasteiger partial charge < -0.3 is 4.90 Å². The lowest BCUT2D eigenvalue weighted by Gasteiger charge is -2.14. The Morgan fingerprint density at radius 2 is 1.91 bits per heavy atom. The molecule has 0 N–H and O–H groups in total. The standard InChI is InChI=1S/C16H12BrCl3N2O/c1-22(2)8-12(10-4-3-5-13(18)14(10)19)15(23)11-6-9(17)7-21-16(11)20/h3-8H,1-2H3/b12-8-. The number of carbonyl (C=O) groups is 1. The summed E-state index contributed by atoms with van der Waals surface area (Å²) in [6.45, 7) is 0. The molecular formula is C16H12BrCl3N2O. The van der Waals surface area contributed by atoms with Crippen LogP contribution in [0.2, 0.25) is 15.2 Å². The Kier molecular flexibility index (Phi) is 6.09. The average molecular weight is 435 g/mol. The Morgan fingerprint density at radius 1 is 1.22 bits per heavy atom. The van der Waals surface area contributed by atoms with Gasteiger partial charge >= 0.3 is 0 Å². The number of allylic oxidation sites excluding steroid dienone is 1. The number of ketones is 1. The van der Waals surface area contributed by atoms with Crippen molar-refractivity contribution in [3.8, 4) is 0 Å². The molecule has 1 aromatic heterocycles. The van der Waals surface area contributed by atoms with E-state index in [9.17, 15) is 4.79 Å². The van der Waals surface area contributed by atoms with Crippen molar-refractivity contribution in [2.24, 2.45) is 0 Å². The molecule has 0 aliphatic heterocycles. The molecule has 0 saturated carbocycles. The van der Waals surface area contributed by atoms with Gasteiger partial charge in [0.15, 0.2) is 5.78 Å². The second-order valence-corrected chi connectivity index (χ2v) is 6.99. The van der Waals surface area contributed by atoms with E-state index in [-0.39, 0.29) is 16.5 Å². The third-order valence-electron chi connectivity index (χ3n) is 2.92. The number of nitrogens with zero attached hydrogens (tertiary/aromatic N) is 2. The van der Waals surface area contributed by atoms with E-state index in [0.29, 0.717) is 25.7 Å². The lowest BCUT2D eigenvalue weighted by atomic mass is 9.98. The third-order valence-corrected chi connectivity index (χ3v) is 4.48. The van der Waals surface area contributed by atoms with Gasteiger partial charge in [-0.05, 0) is 28.1 Å². The molecule has 0 atom stereocenters. The molecule has 0 unspecified atom stereocenters. The number of Topliss-reactive ketones (excluding diaryl/α,β-unsaturated/α-hetero) is 1. The smallest absolute Gasteiger partial charge is 0.198 e. The monoisotopic (exact) mass is 432 g/mol. The van der Waals surface area contributed by atoms with E-state index >= 15 is 0 Å². The van der Waals surface area contributed by atoms with Crippen LogP contribution >= 0.6 is 50.7 Å². The second-order valence-electron chi connectivity index (χ2n) is 4.93. The molecule has 2 aromatic rings. The number of carbonyl (C=O) groups excluding carboxylic acids is 1. The number of benzene rings is 1. The first-order valence-electron chi connectivity index (χ1n) is 6.49. The molecule has 1 heterocycles. The van der Waals surface area contributed by atoms with E-state index in [4.69, 9.17) is 34.8 Å². The Hall–Kier alpha value is -1.07. The second kappa shape index (κ2) is 7.67. The van der Waals surface area contributed by atoms with Gasteiger partial charge in [0.25, 0.3) is 0 Å². The van der Waals surface area contributed by atoms with Crippen molar-refractivity contribution in [1.82, 2.24) is 9.88 Å². The van der Waals surface area contributed by atoms with Gasteiger partial charge in [0.2, 0.25) is 0 Å². The molecule has 0 saturated heterocycles. The Morgan fingerprint density at radius 3 is 2.57 bits per heavy atom. The molecular weight excluding hydrogens is 422 g/mol. The predicted octanol–water partition coefficient (Wildman–Crippen LogP) is 5.59. The largest absolute Gasteiger partial charge is 0.383 e. The molecule has 120 valence electrons. The average Bonchev–Trinajstić information content (AvgIpc) is 2.49. The maximum atomic E-state index is 13.0. The van der Waals surface area contributed by atoms with E-state index in [1.807, 2.05) is 14.1 Å². The fourth-order valence-electron chi connectivity index (χ4n) is 1.95. The SMILES string of the molecule is CN(C)/C=C(\C(=O)c1cc(Br)cnc1Cl)c1cccc(Cl)c1Cl. The van der Waals surface area contributed by atoms with Crippen molar-refractivity contribution in [1.29, 1.82) is 0 Å². The van der Waals surface area contributed by atoms with Gasteiger partial charge in [-0.1, -0.05) is 46.9 Å². The van der Waals surface area contributed by atoms with Gasteiger partial charge in [-0.15, -0.1) is 0 Å². The van der Waals surface area contributed by atoms with Gasteiger partial charge in [-0.25, -0.2) is 4.98 Å². The van der Waals surface area contributed by atoms with Crippen LogP contribution in [0.1, 0.15) is 15.9 Å². The highest BCUT2D eigenvalue weighted by Gasteiger charge is 2.21. The van der Waals surface area contributed by atoms with E-state index in [1.165, 1.54) is 6.20 Å². The highest BCUT2D eigenvalue weighted by Crippen LogP contribution is 2.33. The lowest BCUT2D eigenvalue weighted by Crippen LogP contribution is -2.10. The van der Waals surface area contributed by atoms with E-state index in [2.05, 4.69) is 20.9 Å². The molecule has 7 heteroatoms. The molecule has 23 heavy (non-hydrogen) atoms. The normalized spacial score (nSPS) is 11.5. The van der Waals surface area contributed by atoms with Gasteiger partial charge in [0, 0.05) is 42.1 Å². The summed E-state index contributed by atoms with van der Waals surface area (Å²) in [6, 6.07) is 6.76. The third kappa shape index (κ3) is 4.27. The first-order chi connectivity index (χ1) is 10.8. The van der Waals surface area contributed by atoms with E-state index in [1.54, 1.807) is 35.4 Å². The van der Waals surface area contributed by atoms with Crippen molar-refractivity contribution in [2.45, 2.75) is 0 Å². The van der Waals surface area contributed by atoms with Gasteiger partial charge in [-0.3, -0.25) is 4.79 Å². The molecule has 0 amide bonds. The molecule has 1 aromatic carbocycles. The summed E-state index contributed by atoms with van der Waals surface area (Å²) in [5.74, 6) is -0.290. The van der Waals surface area contributed by atoms with Gasteiger partial charge in [-0.2, -0.15) is 0 Å². The van der Waals surface area contributed by atoms with Crippen LogP contribution in [-0.4, -0.2) is 29.8 Å². The number of aromatic nitrogens is 1. The number of hydrogen-bond donors (Lipinski definition) is 0. The summed E-state index contributed by atoms with van der Waals surface area (Å²) in [6.07, 6.45) is 3.21. The Bertz CT molecular complexity index is 791. The first-order valence-corrected chi connectivity index (χ1v) is 8.42. The van der Waals surface area contributed by atoms with Gasteiger partial charge in [0.05, 0.1) is 15.6 Å². The zero-order chi connectivity index (χ0) is 17.1. The minimum absolute atomic E-state index is 0.126. The summed E-state index contributed by atoms with van der Waals surface area (Å²) in [5.41, 5.74) is 1.20. The van der Waals surface area contributed by atoms with Crippen LogP contribution in [0.25, 0.3) is 5.57 Å². The minimum atomic E-state index is -0.290. The molecule has 0 bridgehead atoms. The Labute approximate surface area is 158 Å². The maximum absolute atomic E-state index is 13.0. The van der Waals surface area contributed by atoms with Crippen molar-refractivity contribution < 1.29 is 4.79 Å². The van der Waals surface area contributed by atoms with Crippen molar-refractivity contribution in [2.75, 3.05) is 14.1 Å². The molecule has 0 radical (unpaired) electrons. The van der Waals surface area contributed by atoms with Crippen LogP contribution in [0.3, 0.4) is 0 Å². The van der Waals surface area contributed by atoms with Crippen LogP contribution in [0.15, 0.2) is 41.1 Å². The molecule has 3 nitrogen and oxygen atoms in total. The van der Waals surface area contributed by atoms with Crippen LogP contribution in [-0.2, 0) is 0 Å². The zero-order valence-corrected chi connectivity index (χ0v) is 16.1. The highest BCUT2D eigenvalue weighted by atomic mass is 79.9. The fourth-order valence-corrected chi connectivity index (χ4v) is 2.87. The first kappa shape index (κ1) is 18.3. The predicted molar refractivity (Wildman–Crippen MR) is 99.4 cm³/mol.